The molecule has 0 radical (unpaired) electrons. The molecule has 1 heterocycles. The Balaban J connectivity index is 1.71. The van der Waals surface area contributed by atoms with E-state index in [-0.39, 0.29) is 13.1 Å². The zero-order valence-electron chi connectivity index (χ0n) is 14.7. The average molecular weight is 417 g/mol. The van der Waals surface area contributed by atoms with Gasteiger partial charge in [0.2, 0.25) is 10.0 Å². The number of benzene rings is 2. The van der Waals surface area contributed by atoms with Crippen LogP contribution in [0, 0.1) is 11.6 Å². The monoisotopic (exact) mass is 416 g/mol. The number of methoxy groups -OCH3 is 1. The smallest absolute Gasteiger partial charge is 0.249 e. The number of hydrogen-bond acceptors (Lipinski definition) is 4. The van der Waals surface area contributed by atoms with Crippen molar-refractivity contribution in [1.82, 2.24) is 9.21 Å². The van der Waals surface area contributed by atoms with Gasteiger partial charge >= 0.3 is 0 Å². The van der Waals surface area contributed by atoms with Crippen LogP contribution in [0.4, 0.5) is 8.78 Å². The molecule has 27 heavy (non-hydrogen) atoms. The van der Waals surface area contributed by atoms with Crippen LogP contribution in [-0.4, -0.2) is 50.9 Å². The number of rotatable bonds is 5. The summed E-state index contributed by atoms with van der Waals surface area (Å²) in [6.45, 7) is 1.65. The summed E-state index contributed by atoms with van der Waals surface area (Å²) in [7, 11) is -2.66. The molecule has 1 saturated heterocycles. The highest BCUT2D eigenvalue weighted by atomic mass is 35.5. The van der Waals surface area contributed by atoms with Gasteiger partial charge in [-0.3, -0.25) is 4.90 Å². The molecule has 3 rings (SSSR count). The van der Waals surface area contributed by atoms with Crippen molar-refractivity contribution in [3.05, 3.63) is 58.6 Å². The van der Waals surface area contributed by atoms with Gasteiger partial charge in [-0.05, 0) is 30.3 Å². The zero-order valence-corrected chi connectivity index (χ0v) is 16.2. The Morgan fingerprint density at radius 3 is 2.30 bits per heavy atom. The third-order valence-electron chi connectivity index (χ3n) is 4.48. The van der Waals surface area contributed by atoms with Crippen molar-refractivity contribution in [2.75, 3.05) is 33.3 Å². The van der Waals surface area contributed by atoms with Gasteiger partial charge in [0.05, 0.1) is 7.11 Å². The first-order valence-corrected chi connectivity index (χ1v) is 10.1. The lowest BCUT2D eigenvalue weighted by Gasteiger charge is -2.34. The number of halogens is 3. The molecule has 0 bridgehead atoms. The number of sulfonamides is 1. The largest absolute Gasteiger partial charge is 0.496 e. The van der Waals surface area contributed by atoms with E-state index in [9.17, 15) is 17.2 Å². The third kappa shape index (κ3) is 4.24. The molecule has 5 nitrogen and oxygen atoms in total. The Morgan fingerprint density at radius 2 is 1.70 bits per heavy atom. The highest BCUT2D eigenvalue weighted by molar-refractivity contribution is 7.89. The lowest BCUT2D eigenvalue weighted by atomic mass is 10.1. The van der Waals surface area contributed by atoms with E-state index in [1.807, 2.05) is 4.90 Å². The van der Waals surface area contributed by atoms with E-state index < -0.39 is 26.6 Å². The van der Waals surface area contributed by atoms with Crippen LogP contribution in [0.2, 0.25) is 5.02 Å². The SMILES string of the molecule is COc1ccc(Cl)cc1CN1CCN(S(=O)(=O)c2c(F)cccc2F)CC1. The molecule has 0 saturated carbocycles. The molecule has 0 spiro atoms. The van der Waals surface area contributed by atoms with Gasteiger partial charge in [-0.15, -0.1) is 0 Å². The summed E-state index contributed by atoms with van der Waals surface area (Å²) in [5.74, 6) is -1.47. The fraction of sp³-hybridized carbons (Fsp3) is 0.333. The van der Waals surface area contributed by atoms with Crippen molar-refractivity contribution in [3.63, 3.8) is 0 Å². The number of piperazine rings is 1. The summed E-state index contributed by atoms with van der Waals surface area (Å²) in [4.78, 5) is 1.15. The van der Waals surface area contributed by atoms with E-state index in [2.05, 4.69) is 0 Å². The molecule has 146 valence electrons. The van der Waals surface area contributed by atoms with E-state index in [1.54, 1.807) is 25.3 Å². The molecule has 2 aromatic rings. The third-order valence-corrected chi connectivity index (χ3v) is 6.67. The van der Waals surface area contributed by atoms with Crippen LogP contribution in [0.3, 0.4) is 0 Å². The highest BCUT2D eigenvalue weighted by Crippen LogP contribution is 2.26. The predicted octanol–water partition coefficient (Wildman–Crippen LogP) is 3.13. The summed E-state index contributed by atoms with van der Waals surface area (Å²) >= 11 is 6.04. The van der Waals surface area contributed by atoms with Crippen LogP contribution in [0.5, 0.6) is 5.75 Å². The maximum Gasteiger partial charge on any atom is 0.249 e. The molecule has 0 unspecified atom stereocenters. The Labute approximate surface area is 162 Å². The first kappa shape index (κ1) is 20.0. The van der Waals surface area contributed by atoms with Gasteiger partial charge in [0.1, 0.15) is 17.4 Å². The van der Waals surface area contributed by atoms with E-state index in [1.165, 1.54) is 0 Å². The first-order valence-electron chi connectivity index (χ1n) is 8.32. The van der Waals surface area contributed by atoms with E-state index in [0.29, 0.717) is 30.4 Å². The van der Waals surface area contributed by atoms with Gasteiger partial charge in [-0.25, -0.2) is 17.2 Å². The molecule has 1 fully saturated rings. The van der Waals surface area contributed by atoms with E-state index in [0.717, 1.165) is 28.1 Å². The number of ether oxygens (including phenoxy) is 1. The molecule has 9 heteroatoms. The second-order valence-corrected chi connectivity index (χ2v) is 8.50. The summed E-state index contributed by atoms with van der Waals surface area (Å²) in [6.07, 6.45) is 0. The lowest BCUT2D eigenvalue weighted by Crippen LogP contribution is -2.48. The Kier molecular flexibility index (Phi) is 6.00. The Morgan fingerprint density at radius 1 is 1.07 bits per heavy atom. The van der Waals surface area contributed by atoms with Crippen molar-refractivity contribution in [2.24, 2.45) is 0 Å². The fourth-order valence-electron chi connectivity index (χ4n) is 3.10. The Bertz CT molecular complexity index is 912. The van der Waals surface area contributed by atoms with Gasteiger partial charge < -0.3 is 4.74 Å². The van der Waals surface area contributed by atoms with Crippen LogP contribution in [0.15, 0.2) is 41.3 Å². The molecule has 1 aliphatic heterocycles. The fourth-order valence-corrected chi connectivity index (χ4v) is 4.82. The molecule has 0 aliphatic carbocycles. The normalized spacial score (nSPS) is 16.4. The maximum atomic E-state index is 13.9. The molecular weight excluding hydrogens is 398 g/mol. The molecule has 2 aromatic carbocycles. The average Bonchev–Trinajstić information content (AvgIpc) is 2.62. The number of nitrogens with zero attached hydrogens (tertiary/aromatic N) is 2. The quantitative estimate of drug-likeness (QED) is 0.751. The van der Waals surface area contributed by atoms with Gasteiger partial charge in [0.15, 0.2) is 4.90 Å². The topological polar surface area (TPSA) is 49.9 Å². The molecule has 0 amide bonds. The lowest BCUT2D eigenvalue weighted by molar-refractivity contribution is 0.179. The van der Waals surface area contributed by atoms with Crippen molar-refractivity contribution < 1.29 is 21.9 Å². The summed E-state index contributed by atoms with van der Waals surface area (Å²) in [5, 5.41) is 0.585. The van der Waals surface area contributed by atoms with E-state index >= 15 is 0 Å². The minimum atomic E-state index is -4.23. The summed E-state index contributed by atoms with van der Waals surface area (Å²) in [5.41, 5.74) is 0.890. The van der Waals surface area contributed by atoms with Crippen LogP contribution < -0.4 is 4.74 Å². The van der Waals surface area contributed by atoms with Gasteiger partial charge in [-0.1, -0.05) is 17.7 Å². The molecule has 0 aromatic heterocycles. The second kappa shape index (κ2) is 8.10. The standard InChI is InChI=1S/C18H19ClF2N2O3S/c1-26-17-6-5-14(19)11-13(17)12-22-7-9-23(10-8-22)27(24,25)18-15(20)3-2-4-16(18)21/h2-6,11H,7-10,12H2,1H3. The highest BCUT2D eigenvalue weighted by Gasteiger charge is 2.33. The van der Waals surface area contributed by atoms with Gasteiger partial charge in [0, 0.05) is 43.3 Å². The van der Waals surface area contributed by atoms with Crippen LogP contribution in [0.1, 0.15) is 5.56 Å². The molecule has 0 N–H and O–H groups in total. The summed E-state index contributed by atoms with van der Waals surface area (Å²) < 4.78 is 59.5. The number of hydrogen-bond donors (Lipinski definition) is 0. The van der Waals surface area contributed by atoms with Gasteiger partial charge in [0.25, 0.3) is 0 Å². The zero-order chi connectivity index (χ0) is 19.6. The Hall–Kier alpha value is -1.74. The van der Waals surface area contributed by atoms with Gasteiger partial charge in [-0.2, -0.15) is 4.31 Å². The minimum absolute atomic E-state index is 0.138. The maximum absolute atomic E-state index is 13.9. The van der Waals surface area contributed by atoms with Crippen molar-refractivity contribution in [2.45, 2.75) is 11.4 Å². The van der Waals surface area contributed by atoms with Crippen molar-refractivity contribution in [3.8, 4) is 5.75 Å². The molecule has 1 aliphatic rings. The minimum Gasteiger partial charge on any atom is -0.496 e. The summed E-state index contributed by atoms with van der Waals surface area (Å²) in [6, 6.07) is 8.34. The molecule has 0 atom stereocenters. The van der Waals surface area contributed by atoms with Crippen molar-refractivity contribution in [1.29, 1.82) is 0 Å². The van der Waals surface area contributed by atoms with Crippen molar-refractivity contribution >= 4 is 21.6 Å². The van der Waals surface area contributed by atoms with E-state index in [4.69, 9.17) is 16.3 Å². The van der Waals surface area contributed by atoms with Crippen LogP contribution >= 0.6 is 11.6 Å². The molecular formula is C18H19ClF2N2O3S. The van der Waals surface area contributed by atoms with Crippen LogP contribution in [-0.2, 0) is 16.6 Å². The van der Waals surface area contributed by atoms with Crippen LogP contribution in [0.25, 0.3) is 0 Å². The first-order chi connectivity index (χ1) is 12.8. The predicted molar refractivity (Wildman–Crippen MR) is 98.4 cm³/mol. The second-order valence-electron chi connectivity index (χ2n) is 6.19.